The second-order valence-electron chi connectivity index (χ2n) is 7.52. The lowest BCUT2D eigenvalue weighted by atomic mass is 10.1. The van der Waals surface area contributed by atoms with Gasteiger partial charge < -0.3 is 5.32 Å². The molecule has 0 aliphatic heterocycles. The van der Waals surface area contributed by atoms with Crippen molar-refractivity contribution in [2.45, 2.75) is 90.9 Å². The van der Waals surface area contributed by atoms with Crippen LogP contribution in [0.4, 0.5) is 0 Å². The van der Waals surface area contributed by atoms with Crippen LogP contribution in [-0.2, 0) is 19.2 Å². The first kappa shape index (κ1) is 28.0. The number of nitrogens with one attached hydrogen (secondary N) is 1. The number of ketones is 1. The molecule has 0 bridgehead atoms. The highest BCUT2D eigenvalue weighted by Crippen LogP contribution is 2.08. The second kappa shape index (κ2) is 17.8. The van der Waals surface area contributed by atoms with Crippen molar-refractivity contribution in [3.63, 3.8) is 0 Å². The molecule has 3 N–H and O–H groups in total. The molecule has 0 aromatic heterocycles. The second-order valence-corrected chi connectivity index (χ2v) is 7.52. The highest BCUT2D eigenvalue weighted by atomic mass is 16.5. The molecule has 0 saturated heterocycles. The summed E-state index contributed by atoms with van der Waals surface area (Å²) < 4.78 is 0. The molecule has 9 nitrogen and oxygen atoms in total. The number of carbonyl (C=O) groups excluding carboxylic acids is 4. The molecule has 0 heterocycles. The van der Waals surface area contributed by atoms with E-state index in [1.54, 1.807) is 0 Å². The number of hydroxylamine groups is 4. The summed E-state index contributed by atoms with van der Waals surface area (Å²) in [5.74, 6) is -0.798. The maximum atomic E-state index is 11.9. The molecule has 0 radical (unpaired) electrons. The summed E-state index contributed by atoms with van der Waals surface area (Å²) >= 11 is 0. The highest BCUT2D eigenvalue weighted by Gasteiger charge is 2.13. The average Bonchev–Trinajstić information content (AvgIpc) is 2.70. The third-order valence-corrected chi connectivity index (χ3v) is 4.69. The Morgan fingerprint density at radius 2 is 1.33 bits per heavy atom. The lowest BCUT2D eigenvalue weighted by molar-refractivity contribution is -0.166. The molecule has 30 heavy (non-hydrogen) atoms. The van der Waals surface area contributed by atoms with E-state index in [9.17, 15) is 29.6 Å². The van der Waals surface area contributed by atoms with Gasteiger partial charge in [-0.25, -0.2) is 10.1 Å². The summed E-state index contributed by atoms with van der Waals surface area (Å²) in [5, 5.41) is 23.2. The molecule has 3 amide bonds. The molecular formula is C21H39N3O6. The van der Waals surface area contributed by atoms with Gasteiger partial charge in [0.05, 0.1) is 0 Å². The number of Topliss-reactive ketones (excluding diaryl/α,β-unsaturated/α-hetero) is 1. The van der Waals surface area contributed by atoms with Crippen molar-refractivity contribution in [2.75, 3.05) is 19.6 Å². The van der Waals surface area contributed by atoms with Crippen molar-refractivity contribution in [1.82, 2.24) is 15.4 Å². The smallest absolute Gasteiger partial charge is 0.246 e. The molecule has 174 valence electrons. The molecule has 0 aliphatic carbocycles. The first-order valence-corrected chi connectivity index (χ1v) is 11.0. The predicted molar refractivity (Wildman–Crippen MR) is 112 cm³/mol. The van der Waals surface area contributed by atoms with Gasteiger partial charge in [0, 0.05) is 52.2 Å². The third kappa shape index (κ3) is 15.9. The maximum absolute atomic E-state index is 11.9. The average molecular weight is 430 g/mol. The van der Waals surface area contributed by atoms with Crippen LogP contribution in [0.25, 0.3) is 0 Å². The van der Waals surface area contributed by atoms with Gasteiger partial charge in [-0.2, -0.15) is 0 Å². The van der Waals surface area contributed by atoms with E-state index in [0.29, 0.717) is 48.8 Å². The standard InChI is InChI=1S/C21H39N3O6/c1-3-11-20(27)22-15-8-6-10-17-24(30)21(28)14-13-19(26)12-7-4-5-9-16-23(29)18(2)25/h29-30H,3-17H2,1-2H3,(H,22,27). The fourth-order valence-electron chi connectivity index (χ4n) is 2.83. The molecule has 9 heteroatoms. The number of hydrogen-bond donors (Lipinski definition) is 3. The van der Waals surface area contributed by atoms with Crippen molar-refractivity contribution >= 4 is 23.5 Å². The van der Waals surface area contributed by atoms with E-state index in [1.807, 2.05) is 6.92 Å². The number of unbranched alkanes of at least 4 members (excludes halogenated alkanes) is 5. The first-order valence-electron chi connectivity index (χ1n) is 11.0. The van der Waals surface area contributed by atoms with Crippen LogP contribution in [0, 0.1) is 0 Å². The summed E-state index contributed by atoms with van der Waals surface area (Å²) in [7, 11) is 0. The van der Waals surface area contributed by atoms with E-state index in [0.717, 1.165) is 32.1 Å². The Morgan fingerprint density at radius 3 is 1.97 bits per heavy atom. The minimum atomic E-state index is -0.452. The number of hydrogen-bond acceptors (Lipinski definition) is 6. The maximum Gasteiger partial charge on any atom is 0.246 e. The van der Waals surface area contributed by atoms with Gasteiger partial charge in [-0.15, -0.1) is 0 Å². The SMILES string of the molecule is CCCC(=O)NCCCCCN(O)C(=O)CCC(=O)CCCCCCN(O)C(C)=O. The fourth-order valence-corrected chi connectivity index (χ4v) is 2.83. The van der Waals surface area contributed by atoms with Gasteiger partial charge >= 0.3 is 0 Å². The Kier molecular flexibility index (Phi) is 16.6. The van der Waals surface area contributed by atoms with Gasteiger partial charge in [0.25, 0.3) is 0 Å². The van der Waals surface area contributed by atoms with Crippen molar-refractivity contribution in [1.29, 1.82) is 0 Å². The van der Waals surface area contributed by atoms with E-state index >= 15 is 0 Å². The Balaban J connectivity index is 3.65. The molecule has 0 aromatic carbocycles. The third-order valence-electron chi connectivity index (χ3n) is 4.69. The van der Waals surface area contributed by atoms with E-state index in [4.69, 9.17) is 0 Å². The van der Waals surface area contributed by atoms with E-state index in [1.165, 1.54) is 6.92 Å². The zero-order valence-corrected chi connectivity index (χ0v) is 18.5. The molecule has 0 fully saturated rings. The minimum Gasteiger partial charge on any atom is -0.356 e. The normalized spacial score (nSPS) is 10.5. The Morgan fingerprint density at radius 1 is 0.733 bits per heavy atom. The van der Waals surface area contributed by atoms with Crippen LogP contribution in [0.2, 0.25) is 0 Å². The van der Waals surface area contributed by atoms with Gasteiger partial charge in [-0.05, 0) is 38.5 Å². The molecule has 0 aromatic rings. The first-order chi connectivity index (χ1) is 14.3. The van der Waals surface area contributed by atoms with Crippen LogP contribution in [-0.4, -0.2) is 63.7 Å². The van der Waals surface area contributed by atoms with Gasteiger partial charge in [-0.3, -0.25) is 29.6 Å². The van der Waals surface area contributed by atoms with Gasteiger partial charge in [0.15, 0.2) is 0 Å². The highest BCUT2D eigenvalue weighted by molar-refractivity contribution is 5.84. The van der Waals surface area contributed by atoms with Crippen LogP contribution in [0.5, 0.6) is 0 Å². The van der Waals surface area contributed by atoms with Crippen LogP contribution in [0.15, 0.2) is 0 Å². The molecular weight excluding hydrogens is 390 g/mol. The van der Waals surface area contributed by atoms with E-state index < -0.39 is 5.91 Å². The van der Waals surface area contributed by atoms with Crippen LogP contribution < -0.4 is 5.32 Å². The summed E-state index contributed by atoms with van der Waals surface area (Å²) in [5.41, 5.74) is 0. The monoisotopic (exact) mass is 429 g/mol. The number of carbonyl (C=O) groups is 4. The number of rotatable bonds is 18. The molecule has 0 spiro atoms. The molecule has 0 rings (SSSR count). The van der Waals surface area contributed by atoms with Crippen molar-refractivity contribution in [3.05, 3.63) is 0 Å². The van der Waals surface area contributed by atoms with Crippen molar-refractivity contribution < 1.29 is 29.6 Å². The quantitative estimate of drug-likeness (QED) is 0.175. The molecule has 0 saturated carbocycles. The Hall–Kier alpha value is -2.00. The minimum absolute atomic E-state index is 0.000489. The molecule has 0 aliphatic rings. The van der Waals surface area contributed by atoms with Crippen LogP contribution in [0.3, 0.4) is 0 Å². The van der Waals surface area contributed by atoms with Crippen LogP contribution >= 0.6 is 0 Å². The van der Waals surface area contributed by atoms with Gasteiger partial charge in [0.2, 0.25) is 17.7 Å². The van der Waals surface area contributed by atoms with Gasteiger partial charge in [0.1, 0.15) is 5.78 Å². The lowest BCUT2D eigenvalue weighted by Crippen LogP contribution is -2.29. The topological polar surface area (TPSA) is 127 Å². The summed E-state index contributed by atoms with van der Waals surface area (Å²) in [6.45, 7) is 4.35. The number of amides is 3. The summed E-state index contributed by atoms with van der Waals surface area (Å²) in [6.07, 6.45) is 7.07. The fraction of sp³-hybridized carbons (Fsp3) is 0.810. The zero-order valence-electron chi connectivity index (χ0n) is 18.5. The van der Waals surface area contributed by atoms with E-state index in [2.05, 4.69) is 5.32 Å². The molecule has 0 atom stereocenters. The summed E-state index contributed by atoms with van der Waals surface area (Å²) in [6, 6.07) is 0. The Labute approximate surface area is 179 Å². The van der Waals surface area contributed by atoms with Crippen molar-refractivity contribution in [3.8, 4) is 0 Å². The number of nitrogens with zero attached hydrogens (tertiary/aromatic N) is 2. The Bertz CT molecular complexity index is 527. The van der Waals surface area contributed by atoms with Crippen molar-refractivity contribution in [2.24, 2.45) is 0 Å². The van der Waals surface area contributed by atoms with E-state index in [-0.39, 0.29) is 43.5 Å². The van der Waals surface area contributed by atoms with Gasteiger partial charge in [-0.1, -0.05) is 19.8 Å². The summed E-state index contributed by atoms with van der Waals surface area (Å²) in [4.78, 5) is 45.9. The predicted octanol–water partition coefficient (Wildman–Crippen LogP) is 2.83. The van der Waals surface area contributed by atoms with Crippen LogP contribution in [0.1, 0.15) is 90.9 Å². The largest absolute Gasteiger partial charge is 0.356 e. The molecule has 0 unspecified atom stereocenters. The lowest BCUT2D eigenvalue weighted by Gasteiger charge is -2.14. The zero-order chi connectivity index (χ0) is 22.8.